The van der Waals surface area contributed by atoms with E-state index in [0.717, 1.165) is 0 Å². The van der Waals surface area contributed by atoms with Crippen molar-refractivity contribution in [1.29, 1.82) is 0 Å². The summed E-state index contributed by atoms with van der Waals surface area (Å²) in [6.45, 7) is 8.14. The van der Waals surface area contributed by atoms with Crippen molar-refractivity contribution in [2.24, 2.45) is 23.7 Å². The first-order valence-electron chi connectivity index (χ1n) is 6.86. The lowest BCUT2D eigenvalue weighted by atomic mass is 9.92. The number of esters is 1. The van der Waals surface area contributed by atoms with Gasteiger partial charge in [-0.05, 0) is 13.8 Å². The summed E-state index contributed by atoms with van der Waals surface area (Å²) >= 11 is 0. The minimum atomic E-state index is -0.357. The minimum absolute atomic E-state index is 0.0553. The number of carbonyl (C=O) groups excluding carboxylic acids is 2. The zero-order valence-corrected chi connectivity index (χ0v) is 11.9. The van der Waals surface area contributed by atoms with Crippen LogP contribution in [0.4, 0.5) is 0 Å². The lowest BCUT2D eigenvalue weighted by Gasteiger charge is -2.22. The molecule has 0 bridgehead atoms. The molecule has 5 nitrogen and oxygen atoms in total. The third-order valence-electron chi connectivity index (χ3n) is 4.40. The molecule has 0 aliphatic carbocycles. The van der Waals surface area contributed by atoms with Crippen LogP contribution in [0.15, 0.2) is 0 Å². The van der Waals surface area contributed by atoms with Crippen molar-refractivity contribution < 1.29 is 23.8 Å². The molecule has 2 fully saturated rings. The smallest absolute Gasteiger partial charge is 0.309 e. The summed E-state index contributed by atoms with van der Waals surface area (Å²) < 4.78 is 16.5. The molecule has 108 valence electrons. The van der Waals surface area contributed by atoms with Crippen LogP contribution in [0.5, 0.6) is 0 Å². The molecular weight excluding hydrogens is 248 g/mol. The van der Waals surface area contributed by atoms with Gasteiger partial charge in [-0.15, -0.1) is 0 Å². The number of cyclic esters (lactones) is 1. The maximum Gasteiger partial charge on any atom is 0.309 e. The third kappa shape index (κ3) is 2.82. The Morgan fingerprint density at radius 3 is 2.53 bits per heavy atom. The molecule has 0 aromatic rings. The van der Waals surface area contributed by atoms with E-state index in [9.17, 15) is 9.59 Å². The number of rotatable bonds is 4. The molecule has 2 rings (SSSR count). The van der Waals surface area contributed by atoms with E-state index in [-0.39, 0.29) is 47.8 Å². The summed E-state index contributed by atoms with van der Waals surface area (Å²) in [4.78, 5) is 22.9. The summed E-state index contributed by atoms with van der Waals surface area (Å²) in [6, 6.07) is 0. The second-order valence-electron chi connectivity index (χ2n) is 5.71. The maximum absolute atomic E-state index is 11.4. The van der Waals surface area contributed by atoms with E-state index in [1.807, 2.05) is 20.8 Å². The fourth-order valence-corrected chi connectivity index (χ4v) is 2.82. The first-order valence-corrected chi connectivity index (χ1v) is 6.86. The third-order valence-corrected chi connectivity index (χ3v) is 4.40. The van der Waals surface area contributed by atoms with E-state index in [1.54, 1.807) is 6.92 Å². The molecule has 19 heavy (non-hydrogen) atoms. The van der Waals surface area contributed by atoms with Gasteiger partial charge in [0.25, 0.3) is 0 Å². The lowest BCUT2D eigenvalue weighted by molar-refractivity contribution is -0.143. The van der Waals surface area contributed by atoms with Crippen molar-refractivity contribution in [3.05, 3.63) is 0 Å². The molecule has 2 heterocycles. The van der Waals surface area contributed by atoms with Crippen molar-refractivity contribution in [1.82, 2.24) is 0 Å². The van der Waals surface area contributed by atoms with E-state index in [4.69, 9.17) is 14.2 Å². The van der Waals surface area contributed by atoms with Crippen molar-refractivity contribution in [2.45, 2.75) is 40.1 Å². The highest BCUT2D eigenvalue weighted by Gasteiger charge is 2.42. The molecule has 0 unspecified atom stereocenters. The zero-order valence-electron chi connectivity index (χ0n) is 11.9. The van der Waals surface area contributed by atoms with E-state index in [2.05, 4.69) is 0 Å². The molecule has 5 heteroatoms. The predicted octanol–water partition coefficient (Wildman–Crippen LogP) is 1.40. The Morgan fingerprint density at radius 2 is 2.05 bits per heavy atom. The Hall–Kier alpha value is -0.940. The van der Waals surface area contributed by atoms with Crippen LogP contribution in [0.1, 0.15) is 27.7 Å². The minimum Gasteiger partial charge on any atom is -0.462 e. The molecule has 0 saturated carbocycles. The average Bonchev–Trinajstić information content (AvgIpc) is 2.80. The van der Waals surface area contributed by atoms with Crippen LogP contribution in [0.2, 0.25) is 0 Å². The van der Waals surface area contributed by atoms with Gasteiger partial charge in [0.15, 0.2) is 6.29 Å². The van der Waals surface area contributed by atoms with E-state index >= 15 is 0 Å². The predicted molar refractivity (Wildman–Crippen MR) is 67.2 cm³/mol. The van der Waals surface area contributed by atoms with Gasteiger partial charge in [-0.2, -0.15) is 0 Å². The number of Topliss-reactive ketones (excluding diaryl/α,β-unsaturated/α-hetero) is 1. The average molecular weight is 270 g/mol. The van der Waals surface area contributed by atoms with Gasteiger partial charge in [0.05, 0.1) is 19.1 Å². The largest absolute Gasteiger partial charge is 0.462 e. The molecule has 2 aliphatic rings. The van der Waals surface area contributed by atoms with E-state index < -0.39 is 0 Å². The Bertz CT molecular complexity index is 367. The molecule has 2 saturated heterocycles. The molecule has 0 spiro atoms. The molecular formula is C14H22O5. The summed E-state index contributed by atoms with van der Waals surface area (Å²) in [7, 11) is 0. The highest BCUT2D eigenvalue weighted by Crippen LogP contribution is 2.32. The van der Waals surface area contributed by atoms with Gasteiger partial charge in [0.2, 0.25) is 0 Å². The topological polar surface area (TPSA) is 61.8 Å². The Labute approximate surface area is 113 Å². The summed E-state index contributed by atoms with van der Waals surface area (Å²) in [6.07, 6.45) is -0.480. The van der Waals surface area contributed by atoms with Gasteiger partial charge in [-0.25, -0.2) is 0 Å². The first kappa shape index (κ1) is 14.5. The Kier molecular flexibility index (Phi) is 4.26. The Balaban J connectivity index is 1.86. The fraction of sp³-hybridized carbons (Fsp3) is 0.857. The van der Waals surface area contributed by atoms with Gasteiger partial charge >= 0.3 is 5.97 Å². The summed E-state index contributed by atoms with van der Waals surface area (Å²) in [5, 5.41) is 0. The van der Waals surface area contributed by atoms with E-state index in [1.165, 1.54) is 0 Å². The van der Waals surface area contributed by atoms with Crippen molar-refractivity contribution in [2.75, 3.05) is 13.2 Å². The van der Waals surface area contributed by atoms with Gasteiger partial charge in [0, 0.05) is 17.8 Å². The maximum atomic E-state index is 11.4. The van der Waals surface area contributed by atoms with E-state index in [0.29, 0.717) is 13.2 Å². The molecule has 0 aromatic carbocycles. The Morgan fingerprint density at radius 1 is 1.37 bits per heavy atom. The quantitative estimate of drug-likeness (QED) is 0.723. The lowest BCUT2D eigenvalue weighted by Crippen LogP contribution is -2.29. The van der Waals surface area contributed by atoms with Gasteiger partial charge in [0.1, 0.15) is 11.9 Å². The molecule has 6 atom stereocenters. The van der Waals surface area contributed by atoms with Crippen molar-refractivity contribution >= 4 is 11.8 Å². The number of ether oxygens (including phenoxy) is 3. The van der Waals surface area contributed by atoms with Crippen LogP contribution >= 0.6 is 0 Å². The standard InChI is InChI=1S/C14H22O5/c1-7-12(10(4)19-13(7)16)6-18-14-8(2)11(5-17-14)9(3)15/h7-8,10-12,14H,5-6H2,1-4H3/t7-,8-,10+,11-,12-,14-/m1/s1. The number of hydrogen-bond acceptors (Lipinski definition) is 5. The normalized spacial score (nSPS) is 42.4. The van der Waals surface area contributed by atoms with Crippen LogP contribution in [0, 0.1) is 23.7 Å². The number of hydrogen-bond donors (Lipinski definition) is 0. The van der Waals surface area contributed by atoms with Gasteiger partial charge < -0.3 is 14.2 Å². The highest BCUT2D eigenvalue weighted by atomic mass is 16.7. The number of carbonyl (C=O) groups is 2. The number of ketones is 1. The SMILES string of the molecule is CC(=O)[C@@H]1CO[C@H](OC[C@H]2[C@H](C)OC(=O)[C@@H]2C)[C@@H]1C. The fourth-order valence-electron chi connectivity index (χ4n) is 2.82. The van der Waals surface area contributed by atoms with Gasteiger partial charge in [-0.3, -0.25) is 9.59 Å². The van der Waals surface area contributed by atoms with Crippen LogP contribution in [-0.4, -0.2) is 37.4 Å². The first-order chi connectivity index (χ1) is 8.91. The molecule has 0 aromatic heterocycles. The molecule has 0 amide bonds. The van der Waals surface area contributed by atoms with Crippen LogP contribution in [0.3, 0.4) is 0 Å². The summed E-state index contributed by atoms with van der Waals surface area (Å²) in [5.74, 6) is -0.139. The monoisotopic (exact) mass is 270 g/mol. The van der Waals surface area contributed by atoms with Crippen LogP contribution in [-0.2, 0) is 23.8 Å². The second kappa shape index (κ2) is 5.59. The summed E-state index contributed by atoms with van der Waals surface area (Å²) in [5.41, 5.74) is 0. The van der Waals surface area contributed by atoms with Crippen molar-refractivity contribution in [3.8, 4) is 0 Å². The van der Waals surface area contributed by atoms with Crippen LogP contribution in [0.25, 0.3) is 0 Å². The molecule has 0 radical (unpaired) electrons. The second-order valence-corrected chi connectivity index (χ2v) is 5.71. The van der Waals surface area contributed by atoms with Crippen LogP contribution < -0.4 is 0 Å². The zero-order chi connectivity index (χ0) is 14.2. The molecule has 0 N–H and O–H groups in total. The highest BCUT2D eigenvalue weighted by molar-refractivity contribution is 5.79. The molecule has 2 aliphatic heterocycles. The van der Waals surface area contributed by atoms with Gasteiger partial charge in [-0.1, -0.05) is 13.8 Å². The van der Waals surface area contributed by atoms with Crippen molar-refractivity contribution in [3.63, 3.8) is 0 Å².